The molecular formula is C28H29N5O3S2. The summed E-state index contributed by atoms with van der Waals surface area (Å²) in [5, 5.41) is 5.16. The Labute approximate surface area is 229 Å². The van der Waals surface area contributed by atoms with Crippen LogP contribution in [-0.2, 0) is 9.59 Å². The van der Waals surface area contributed by atoms with Crippen molar-refractivity contribution in [3.8, 4) is 26.9 Å². The number of thiophene rings is 2. The first kappa shape index (κ1) is 26.0. The van der Waals surface area contributed by atoms with Gasteiger partial charge in [0.05, 0.1) is 10.3 Å². The lowest BCUT2D eigenvalue weighted by molar-refractivity contribution is -0.123. The zero-order valence-corrected chi connectivity index (χ0v) is 23.4. The maximum absolute atomic E-state index is 12.4. The van der Waals surface area contributed by atoms with Gasteiger partial charge in [-0.25, -0.2) is 9.97 Å². The molecule has 0 bridgehead atoms. The van der Waals surface area contributed by atoms with Crippen molar-refractivity contribution in [3.63, 3.8) is 0 Å². The number of likely N-dealkylation sites (N-methyl/N-ethyl adjacent to an activating group) is 2. The van der Waals surface area contributed by atoms with Gasteiger partial charge in [0.25, 0.3) is 11.8 Å². The number of fused-ring (bicyclic) bond motifs is 1. The molecule has 196 valence electrons. The van der Waals surface area contributed by atoms with Gasteiger partial charge in [-0.05, 0) is 73.8 Å². The topological polar surface area (TPSA) is 87.7 Å². The highest BCUT2D eigenvalue weighted by Gasteiger charge is 2.28. The Morgan fingerprint density at radius 2 is 1.84 bits per heavy atom. The molecule has 1 aromatic carbocycles. The molecule has 0 saturated heterocycles. The summed E-state index contributed by atoms with van der Waals surface area (Å²) in [5.41, 5.74) is 2.33. The minimum absolute atomic E-state index is 0.255. The minimum atomic E-state index is -0.438. The first-order chi connectivity index (χ1) is 18.4. The molecule has 0 fully saturated rings. The van der Waals surface area contributed by atoms with Gasteiger partial charge in [0.2, 0.25) is 0 Å². The molecule has 0 spiro atoms. The average molecular weight is 548 g/mol. The molecule has 4 aromatic rings. The van der Waals surface area contributed by atoms with Gasteiger partial charge in [-0.15, -0.1) is 22.7 Å². The van der Waals surface area contributed by atoms with Gasteiger partial charge in [0, 0.05) is 24.5 Å². The third-order valence-corrected chi connectivity index (χ3v) is 8.49. The summed E-state index contributed by atoms with van der Waals surface area (Å²) < 4.78 is 5.95. The van der Waals surface area contributed by atoms with Crippen LogP contribution in [0.2, 0.25) is 0 Å². The molecule has 1 aliphatic rings. The number of aromatic nitrogens is 2. The van der Waals surface area contributed by atoms with E-state index in [2.05, 4.69) is 36.3 Å². The second-order valence-corrected chi connectivity index (χ2v) is 11.1. The standard InChI is InChI=1S/C28H29N5O3S2/c1-5-12-32(3)13-14-36-19-10-8-18(9-11-19)24-17(2)23-26(33(4)20-16-22(34)29-27(20)35)30-25(31-28(23)38-24)21-7-6-15-37-21/h6-11,15-16H,5,12-14H2,1-4H3,(H,29,34,35). The van der Waals surface area contributed by atoms with E-state index in [-0.39, 0.29) is 5.70 Å². The van der Waals surface area contributed by atoms with Crippen LogP contribution in [0.4, 0.5) is 5.82 Å². The molecule has 3 aromatic heterocycles. The zero-order valence-electron chi connectivity index (χ0n) is 21.8. The van der Waals surface area contributed by atoms with Crippen LogP contribution in [0.15, 0.2) is 53.6 Å². The summed E-state index contributed by atoms with van der Waals surface area (Å²) in [5.74, 6) is 1.14. The number of imide groups is 1. The molecule has 0 radical (unpaired) electrons. The second-order valence-electron chi connectivity index (χ2n) is 9.17. The number of anilines is 1. The quantitative estimate of drug-likeness (QED) is 0.277. The Kier molecular flexibility index (Phi) is 7.55. The fourth-order valence-corrected chi connectivity index (χ4v) is 6.27. The summed E-state index contributed by atoms with van der Waals surface area (Å²) in [4.78, 5) is 40.8. The van der Waals surface area contributed by atoms with Gasteiger partial charge in [-0.2, -0.15) is 0 Å². The molecule has 1 N–H and O–H groups in total. The Hall–Kier alpha value is -3.60. The number of benzene rings is 1. The normalized spacial score (nSPS) is 13.3. The van der Waals surface area contributed by atoms with E-state index in [1.807, 2.05) is 36.6 Å². The highest BCUT2D eigenvalue weighted by atomic mass is 32.1. The van der Waals surface area contributed by atoms with Crippen molar-refractivity contribution in [1.82, 2.24) is 20.2 Å². The lowest BCUT2D eigenvalue weighted by atomic mass is 10.1. The zero-order chi connectivity index (χ0) is 26.8. The molecule has 0 aliphatic carbocycles. The fraction of sp³-hybridized carbons (Fsp3) is 0.286. The van der Waals surface area contributed by atoms with E-state index >= 15 is 0 Å². The number of nitrogens with zero attached hydrogens (tertiary/aromatic N) is 4. The summed E-state index contributed by atoms with van der Waals surface area (Å²) >= 11 is 3.14. The summed E-state index contributed by atoms with van der Waals surface area (Å²) in [6.45, 7) is 6.79. The summed E-state index contributed by atoms with van der Waals surface area (Å²) in [6.07, 6.45) is 2.43. The van der Waals surface area contributed by atoms with Gasteiger partial charge < -0.3 is 14.5 Å². The molecule has 0 atom stereocenters. The maximum Gasteiger partial charge on any atom is 0.274 e. The molecule has 2 amide bonds. The molecule has 8 nitrogen and oxygen atoms in total. The molecule has 5 rings (SSSR count). The van der Waals surface area contributed by atoms with Gasteiger partial charge in [-0.1, -0.05) is 13.0 Å². The summed E-state index contributed by atoms with van der Waals surface area (Å²) in [6, 6.07) is 12.0. The number of nitrogens with one attached hydrogen (secondary N) is 1. The second kappa shape index (κ2) is 11.0. The van der Waals surface area contributed by atoms with Crippen LogP contribution in [0, 0.1) is 6.92 Å². The molecular weight excluding hydrogens is 518 g/mol. The number of carbonyl (C=O) groups is 2. The predicted octanol–water partition coefficient (Wildman–Crippen LogP) is 5.09. The van der Waals surface area contributed by atoms with Crippen LogP contribution in [-0.4, -0.2) is 60.5 Å². The maximum atomic E-state index is 12.4. The van der Waals surface area contributed by atoms with Crippen LogP contribution >= 0.6 is 22.7 Å². The fourth-order valence-electron chi connectivity index (χ4n) is 4.43. The number of amides is 2. The molecule has 38 heavy (non-hydrogen) atoms. The SMILES string of the molecule is CCCN(C)CCOc1ccc(-c2sc3nc(-c4cccs4)nc(N(C)C4=CC(=O)NC4=O)c3c2C)cc1. The number of hydrogen-bond acceptors (Lipinski definition) is 9. The third kappa shape index (κ3) is 5.20. The minimum Gasteiger partial charge on any atom is -0.492 e. The molecule has 10 heteroatoms. The first-order valence-corrected chi connectivity index (χ1v) is 14.1. The van der Waals surface area contributed by atoms with E-state index < -0.39 is 11.8 Å². The van der Waals surface area contributed by atoms with Crippen LogP contribution < -0.4 is 15.0 Å². The van der Waals surface area contributed by atoms with E-state index in [1.165, 1.54) is 6.08 Å². The monoisotopic (exact) mass is 547 g/mol. The highest BCUT2D eigenvalue weighted by Crippen LogP contribution is 2.43. The van der Waals surface area contributed by atoms with Crippen LogP contribution in [0.25, 0.3) is 31.4 Å². The van der Waals surface area contributed by atoms with Crippen LogP contribution in [0.1, 0.15) is 18.9 Å². The molecule has 0 saturated carbocycles. The van der Waals surface area contributed by atoms with Crippen molar-refractivity contribution in [2.75, 3.05) is 38.7 Å². The van der Waals surface area contributed by atoms with Crippen molar-refractivity contribution in [2.24, 2.45) is 0 Å². The van der Waals surface area contributed by atoms with Gasteiger partial charge >= 0.3 is 0 Å². The number of carbonyl (C=O) groups excluding carboxylic acids is 2. The van der Waals surface area contributed by atoms with Crippen molar-refractivity contribution >= 4 is 50.5 Å². The van der Waals surface area contributed by atoms with Gasteiger partial charge in [-0.3, -0.25) is 14.9 Å². The summed E-state index contributed by atoms with van der Waals surface area (Å²) in [7, 11) is 3.86. The van der Waals surface area contributed by atoms with E-state index in [9.17, 15) is 9.59 Å². The Bertz CT molecular complexity index is 1510. The highest BCUT2D eigenvalue weighted by molar-refractivity contribution is 7.22. The van der Waals surface area contributed by atoms with E-state index in [0.717, 1.165) is 56.4 Å². The van der Waals surface area contributed by atoms with Crippen molar-refractivity contribution in [3.05, 3.63) is 59.1 Å². The van der Waals surface area contributed by atoms with Gasteiger partial charge in [0.15, 0.2) is 5.82 Å². The number of rotatable bonds is 10. The predicted molar refractivity (Wildman–Crippen MR) is 154 cm³/mol. The average Bonchev–Trinajstić information content (AvgIpc) is 3.63. The molecule has 0 unspecified atom stereocenters. The lowest BCUT2D eigenvalue weighted by Gasteiger charge is -2.19. The Balaban J connectivity index is 1.50. The van der Waals surface area contributed by atoms with E-state index in [1.54, 1.807) is 34.6 Å². The third-order valence-electron chi connectivity index (χ3n) is 6.39. The van der Waals surface area contributed by atoms with Crippen LogP contribution in [0.3, 0.4) is 0 Å². The smallest absolute Gasteiger partial charge is 0.274 e. The Morgan fingerprint density at radius 3 is 2.50 bits per heavy atom. The molecule has 4 heterocycles. The Morgan fingerprint density at radius 1 is 1.05 bits per heavy atom. The first-order valence-electron chi connectivity index (χ1n) is 12.4. The number of hydrogen-bond donors (Lipinski definition) is 1. The van der Waals surface area contributed by atoms with E-state index in [4.69, 9.17) is 14.7 Å². The molecule has 1 aliphatic heterocycles. The van der Waals surface area contributed by atoms with Crippen molar-refractivity contribution in [1.29, 1.82) is 0 Å². The largest absolute Gasteiger partial charge is 0.492 e. The van der Waals surface area contributed by atoms with Gasteiger partial charge in [0.1, 0.15) is 28.7 Å². The lowest BCUT2D eigenvalue weighted by Crippen LogP contribution is -2.29. The number of ether oxygens (including phenoxy) is 1. The number of aryl methyl sites for hydroxylation is 1. The van der Waals surface area contributed by atoms with Crippen molar-refractivity contribution in [2.45, 2.75) is 20.3 Å². The van der Waals surface area contributed by atoms with Crippen LogP contribution in [0.5, 0.6) is 5.75 Å². The van der Waals surface area contributed by atoms with Crippen molar-refractivity contribution < 1.29 is 14.3 Å². The van der Waals surface area contributed by atoms with E-state index in [0.29, 0.717) is 18.2 Å².